The van der Waals surface area contributed by atoms with Crippen LogP contribution in [0.15, 0.2) is 30.3 Å². The first-order chi connectivity index (χ1) is 7.41. The third kappa shape index (κ3) is 1.78. The van der Waals surface area contributed by atoms with Crippen LogP contribution in [0.1, 0.15) is 11.1 Å². The molecule has 0 aromatic heterocycles. The topological polar surface area (TPSA) is 57.5 Å². The number of aryl methyl sites for hydroxylation is 1. The van der Waals surface area contributed by atoms with E-state index < -0.39 is 7.60 Å². The summed E-state index contributed by atoms with van der Waals surface area (Å²) in [7, 11) is -4.23. The molecule has 2 aromatic rings. The molecular formula is C12H13O3P. The molecule has 3 nitrogen and oxygen atoms in total. The summed E-state index contributed by atoms with van der Waals surface area (Å²) < 4.78 is 11.5. The number of rotatable bonds is 1. The molecule has 0 amide bonds. The van der Waals surface area contributed by atoms with Crippen LogP contribution in [0.5, 0.6) is 0 Å². The fourth-order valence-corrected chi connectivity index (χ4v) is 3.07. The van der Waals surface area contributed by atoms with Gasteiger partial charge >= 0.3 is 7.60 Å². The minimum atomic E-state index is -4.23. The standard InChI is InChI=1S/C12H13O3P/c1-8-7-10-5-3-4-6-11(10)12(9(8)2)16(13,14)15/h3-7H,1-2H3,(H2,13,14,15). The minimum absolute atomic E-state index is 0.156. The Labute approximate surface area is 93.9 Å². The van der Waals surface area contributed by atoms with E-state index in [0.717, 1.165) is 10.9 Å². The molecule has 0 bridgehead atoms. The van der Waals surface area contributed by atoms with Gasteiger partial charge in [-0.2, -0.15) is 0 Å². The molecule has 0 unspecified atom stereocenters. The first kappa shape index (κ1) is 11.3. The van der Waals surface area contributed by atoms with E-state index in [4.69, 9.17) is 0 Å². The molecule has 4 heteroatoms. The summed E-state index contributed by atoms with van der Waals surface area (Å²) in [6, 6.07) is 9.21. The Hall–Kier alpha value is -1.15. The Bertz CT molecular complexity index is 598. The molecule has 0 radical (unpaired) electrons. The van der Waals surface area contributed by atoms with Crippen LogP contribution in [0, 0.1) is 13.8 Å². The molecule has 0 aliphatic carbocycles. The molecule has 2 N–H and O–H groups in total. The van der Waals surface area contributed by atoms with Crippen LogP contribution in [0.4, 0.5) is 0 Å². The average molecular weight is 236 g/mol. The van der Waals surface area contributed by atoms with Crippen LogP contribution in [-0.4, -0.2) is 9.79 Å². The van der Waals surface area contributed by atoms with Gasteiger partial charge in [0.25, 0.3) is 0 Å². The lowest BCUT2D eigenvalue weighted by atomic mass is 10.0. The third-order valence-corrected chi connectivity index (χ3v) is 3.98. The van der Waals surface area contributed by atoms with Gasteiger partial charge < -0.3 is 9.79 Å². The first-order valence-corrected chi connectivity index (χ1v) is 6.57. The Morgan fingerprint density at radius 2 is 1.75 bits per heavy atom. The van der Waals surface area contributed by atoms with Gasteiger partial charge in [-0.05, 0) is 35.7 Å². The first-order valence-electron chi connectivity index (χ1n) is 4.96. The smallest absolute Gasteiger partial charge is 0.321 e. The van der Waals surface area contributed by atoms with E-state index in [0.29, 0.717) is 10.9 Å². The Morgan fingerprint density at radius 1 is 1.12 bits per heavy atom. The number of hydrogen-bond donors (Lipinski definition) is 2. The molecule has 0 fully saturated rings. The van der Waals surface area contributed by atoms with Crippen molar-refractivity contribution in [3.8, 4) is 0 Å². The molecule has 0 heterocycles. The van der Waals surface area contributed by atoms with Crippen molar-refractivity contribution in [2.45, 2.75) is 13.8 Å². The van der Waals surface area contributed by atoms with Gasteiger partial charge in [0.1, 0.15) is 0 Å². The van der Waals surface area contributed by atoms with Crippen LogP contribution in [0.2, 0.25) is 0 Å². The summed E-state index contributed by atoms with van der Waals surface area (Å²) >= 11 is 0. The highest BCUT2D eigenvalue weighted by Crippen LogP contribution is 2.38. The molecule has 0 aliphatic rings. The SMILES string of the molecule is Cc1cc2ccccc2c(P(=O)(O)O)c1C. The van der Waals surface area contributed by atoms with Crippen LogP contribution >= 0.6 is 7.60 Å². The second-order valence-corrected chi connectivity index (χ2v) is 5.47. The van der Waals surface area contributed by atoms with Crippen molar-refractivity contribution in [1.29, 1.82) is 0 Å². The van der Waals surface area contributed by atoms with E-state index in [1.54, 1.807) is 19.1 Å². The van der Waals surface area contributed by atoms with Gasteiger partial charge in [0.05, 0.1) is 5.30 Å². The normalized spacial score (nSPS) is 12.0. The third-order valence-electron chi connectivity index (χ3n) is 2.83. The summed E-state index contributed by atoms with van der Waals surface area (Å²) in [6.07, 6.45) is 0. The zero-order valence-corrected chi connectivity index (χ0v) is 10.0. The molecule has 0 aliphatic heterocycles. The highest BCUT2D eigenvalue weighted by Gasteiger charge is 2.23. The summed E-state index contributed by atoms with van der Waals surface area (Å²) in [5.41, 5.74) is 1.57. The fraction of sp³-hybridized carbons (Fsp3) is 0.167. The maximum absolute atomic E-state index is 11.5. The van der Waals surface area contributed by atoms with Crippen LogP contribution in [0.25, 0.3) is 10.8 Å². The van der Waals surface area contributed by atoms with E-state index in [1.165, 1.54) is 0 Å². The Morgan fingerprint density at radius 3 is 2.38 bits per heavy atom. The fourth-order valence-electron chi connectivity index (χ4n) is 1.94. The lowest BCUT2D eigenvalue weighted by molar-refractivity contribution is 0.387. The maximum atomic E-state index is 11.5. The Kier molecular flexibility index (Phi) is 2.62. The van der Waals surface area contributed by atoms with Crippen molar-refractivity contribution in [3.63, 3.8) is 0 Å². The largest absolute Gasteiger partial charge is 0.357 e. The van der Waals surface area contributed by atoms with E-state index >= 15 is 0 Å². The highest BCUT2D eigenvalue weighted by atomic mass is 31.2. The zero-order valence-electron chi connectivity index (χ0n) is 9.14. The van der Waals surface area contributed by atoms with Gasteiger partial charge in [-0.15, -0.1) is 0 Å². The van der Waals surface area contributed by atoms with E-state index in [-0.39, 0.29) is 5.30 Å². The molecule has 84 valence electrons. The van der Waals surface area contributed by atoms with Gasteiger partial charge in [-0.1, -0.05) is 30.3 Å². The molecule has 2 aromatic carbocycles. The van der Waals surface area contributed by atoms with Crippen molar-refractivity contribution >= 4 is 23.7 Å². The van der Waals surface area contributed by atoms with Crippen molar-refractivity contribution in [3.05, 3.63) is 41.5 Å². The quantitative estimate of drug-likeness (QED) is 0.747. The average Bonchev–Trinajstić information content (AvgIpc) is 2.17. The molecule has 16 heavy (non-hydrogen) atoms. The van der Waals surface area contributed by atoms with Gasteiger partial charge in [0.2, 0.25) is 0 Å². The summed E-state index contributed by atoms with van der Waals surface area (Å²) in [6.45, 7) is 3.61. The molecule has 0 spiro atoms. The van der Waals surface area contributed by atoms with E-state index in [1.807, 2.05) is 25.1 Å². The van der Waals surface area contributed by atoms with Gasteiger partial charge in [0, 0.05) is 0 Å². The number of fused-ring (bicyclic) bond motifs is 1. The summed E-state index contributed by atoms with van der Waals surface area (Å²) in [5.74, 6) is 0. The monoisotopic (exact) mass is 236 g/mol. The maximum Gasteiger partial charge on any atom is 0.357 e. The number of benzene rings is 2. The predicted octanol–water partition coefficient (Wildman–Crippen LogP) is 2.26. The number of hydrogen-bond acceptors (Lipinski definition) is 1. The molecule has 2 rings (SSSR count). The lowest BCUT2D eigenvalue weighted by Crippen LogP contribution is -2.11. The molecule has 0 saturated heterocycles. The van der Waals surface area contributed by atoms with Crippen molar-refractivity contribution in [2.24, 2.45) is 0 Å². The van der Waals surface area contributed by atoms with Crippen LogP contribution in [0.3, 0.4) is 0 Å². The Balaban J connectivity index is 2.99. The second kappa shape index (κ2) is 3.70. The van der Waals surface area contributed by atoms with E-state index in [9.17, 15) is 14.4 Å². The van der Waals surface area contributed by atoms with Crippen molar-refractivity contribution in [2.75, 3.05) is 0 Å². The minimum Gasteiger partial charge on any atom is -0.321 e. The summed E-state index contributed by atoms with van der Waals surface area (Å²) in [5, 5.41) is 1.66. The van der Waals surface area contributed by atoms with Gasteiger partial charge in [0.15, 0.2) is 0 Å². The molecule has 0 saturated carbocycles. The van der Waals surface area contributed by atoms with E-state index in [2.05, 4.69) is 0 Å². The lowest BCUT2D eigenvalue weighted by Gasteiger charge is -2.14. The van der Waals surface area contributed by atoms with Gasteiger partial charge in [-0.25, -0.2) is 0 Å². The predicted molar refractivity (Wildman–Crippen MR) is 65.1 cm³/mol. The van der Waals surface area contributed by atoms with Crippen molar-refractivity contribution in [1.82, 2.24) is 0 Å². The molecule has 0 atom stereocenters. The summed E-state index contributed by atoms with van der Waals surface area (Å²) in [4.78, 5) is 18.8. The van der Waals surface area contributed by atoms with Crippen molar-refractivity contribution < 1.29 is 14.4 Å². The van der Waals surface area contributed by atoms with Crippen LogP contribution < -0.4 is 5.30 Å². The van der Waals surface area contributed by atoms with Crippen LogP contribution in [-0.2, 0) is 4.57 Å². The zero-order chi connectivity index (χ0) is 11.9. The highest BCUT2D eigenvalue weighted by molar-refractivity contribution is 7.61. The van der Waals surface area contributed by atoms with Gasteiger partial charge in [-0.3, -0.25) is 4.57 Å². The molecular weight excluding hydrogens is 223 g/mol. The second-order valence-electron chi connectivity index (χ2n) is 3.93.